The standard InChI is InChI=1S/C16H27N5O.H2O4S/c1-12(11-13-7-3-2-4-8-13)21-15(22)14(17)9-5-6-10-20-16(18)19;1-5(2,3)4/h2-4,7-8,12,14H,5-6,9-11,17H2,1H3,(H,21,22)(H4,18,19,20);(H2,1,2,3,4)/p-2/t12-,14?;/m0./s1. The van der Waals surface area contributed by atoms with E-state index >= 15 is 0 Å². The summed E-state index contributed by atoms with van der Waals surface area (Å²) < 4.78 is 34.1. The lowest BCUT2D eigenvalue weighted by Crippen LogP contribution is -2.45. The lowest BCUT2D eigenvalue weighted by molar-refractivity contribution is -0.123. The van der Waals surface area contributed by atoms with Gasteiger partial charge < -0.3 is 31.6 Å². The first-order valence-electron chi connectivity index (χ1n) is 8.31. The Labute approximate surface area is 159 Å². The number of amides is 1. The summed E-state index contributed by atoms with van der Waals surface area (Å²) in [4.78, 5) is 15.9. The normalized spacial score (nSPS) is 12.9. The van der Waals surface area contributed by atoms with Crippen LogP contribution in [-0.2, 0) is 21.6 Å². The van der Waals surface area contributed by atoms with Crippen LogP contribution >= 0.6 is 0 Å². The molecular formula is C16H27N5O5S-2. The van der Waals surface area contributed by atoms with Crippen LogP contribution in [0.15, 0.2) is 35.3 Å². The molecule has 0 saturated heterocycles. The van der Waals surface area contributed by atoms with Crippen molar-refractivity contribution in [2.75, 3.05) is 6.54 Å². The Balaban J connectivity index is 0.00000119. The average molecular weight is 401 g/mol. The van der Waals surface area contributed by atoms with Crippen LogP contribution in [0.25, 0.3) is 0 Å². The molecule has 1 rings (SSSR count). The molecule has 1 aromatic rings. The van der Waals surface area contributed by atoms with Gasteiger partial charge in [-0.25, -0.2) is 0 Å². The Bertz CT molecular complexity index is 670. The van der Waals surface area contributed by atoms with Crippen molar-refractivity contribution in [2.24, 2.45) is 22.2 Å². The van der Waals surface area contributed by atoms with Crippen LogP contribution in [0, 0.1) is 0 Å². The second kappa shape index (κ2) is 13.0. The Morgan fingerprint density at radius 1 is 1.19 bits per heavy atom. The zero-order valence-corrected chi connectivity index (χ0v) is 16.0. The van der Waals surface area contributed by atoms with Crippen molar-refractivity contribution < 1.29 is 22.3 Å². The highest BCUT2D eigenvalue weighted by atomic mass is 32.3. The summed E-state index contributed by atoms with van der Waals surface area (Å²) in [6, 6.07) is 9.63. The molecule has 0 bridgehead atoms. The van der Waals surface area contributed by atoms with Gasteiger partial charge in [0.2, 0.25) is 5.91 Å². The zero-order valence-electron chi connectivity index (χ0n) is 15.2. The number of carbonyl (C=O) groups is 1. The molecule has 154 valence electrons. The molecule has 0 fully saturated rings. The number of rotatable bonds is 9. The van der Waals surface area contributed by atoms with Gasteiger partial charge in [-0.05, 0) is 38.2 Å². The van der Waals surface area contributed by atoms with Gasteiger partial charge in [-0.3, -0.25) is 18.2 Å². The van der Waals surface area contributed by atoms with Crippen LogP contribution in [0.3, 0.4) is 0 Å². The highest BCUT2D eigenvalue weighted by Gasteiger charge is 2.15. The van der Waals surface area contributed by atoms with E-state index in [0.29, 0.717) is 13.0 Å². The molecule has 7 N–H and O–H groups in total. The van der Waals surface area contributed by atoms with Gasteiger partial charge >= 0.3 is 0 Å². The Kier molecular flexibility index (Phi) is 12.0. The summed E-state index contributed by atoms with van der Waals surface area (Å²) in [5, 5.41) is 2.96. The number of hydrogen-bond donors (Lipinski definition) is 4. The van der Waals surface area contributed by atoms with E-state index in [1.807, 2.05) is 37.3 Å². The van der Waals surface area contributed by atoms with Crippen LogP contribution < -0.4 is 22.5 Å². The van der Waals surface area contributed by atoms with Crippen molar-refractivity contribution in [2.45, 2.75) is 44.7 Å². The molecule has 0 spiro atoms. The highest BCUT2D eigenvalue weighted by Crippen LogP contribution is 2.04. The van der Waals surface area contributed by atoms with Crippen LogP contribution in [0.4, 0.5) is 0 Å². The first kappa shape index (κ1) is 24.8. The quantitative estimate of drug-likeness (QED) is 0.135. The van der Waals surface area contributed by atoms with E-state index in [-0.39, 0.29) is 17.9 Å². The lowest BCUT2D eigenvalue weighted by atomic mass is 10.1. The fourth-order valence-corrected chi connectivity index (χ4v) is 2.18. The second-order valence-electron chi connectivity index (χ2n) is 5.92. The van der Waals surface area contributed by atoms with E-state index in [4.69, 9.17) is 34.7 Å². The largest absolute Gasteiger partial charge is 0.759 e. The summed E-state index contributed by atoms with van der Waals surface area (Å²) in [7, 11) is -5.17. The van der Waals surface area contributed by atoms with Gasteiger partial charge in [0.25, 0.3) is 0 Å². The third-order valence-electron chi connectivity index (χ3n) is 3.33. The monoisotopic (exact) mass is 401 g/mol. The number of guanidine groups is 1. The van der Waals surface area contributed by atoms with Crippen molar-refractivity contribution >= 4 is 22.3 Å². The van der Waals surface area contributed by atoms with E-state index in [1.165, 1.54) is 5.56 Å². The predicted octanol–water partition coefficient (Wildman–Crippen LogP) is -0.833. The molecule has 27 heavy (non-hydrogen) atoms. The number of hydrogen-bond acceptors (Lipinski definition) is 7. The molecule has 0 radical (unpaired) electrons. The van der Waals surface area contributed by atoms with E-state index in [1.54, 1.807) is 0 Å². The number of nitrogens with one attached hydrogen (secondary N) is 1. The average Bonchev–Trinajstić information content (AvgIpc) is 2.53. The van der Waals surface area contributed by atoms with Crippen molar-refractivity contribution in [3.8, 4) is 0 Å². The third-order valence-corrected chi connectivity index (χ3v) is 3.33. The maximum atomic E-state index is 12.0. The van der Waals surface area contributed by atoms with Crippen molar-refractivity contribution in [3.05, 3.63) is 35.9 Å². The SMILES string of the molecule is C[C@@H](Cc1ccccc1)NC(=O)C(N)CCCCN=C(N)N.O=S(=O)([O-])[O-]. The van der Waals surface area contributed by atoms with Gasteiger partial charge in [0, 0.05) is 23.0 Å². The van der Waals surface area contributed by atoms with Crippen molar-refractivity contribution in [1.82, 2.24) is 5.32 Å². The summed E-state index contributed by atoms with van der Waals surface area (Å²) >= 11 is 0. The van der Waals surface area contributed by atoms with Gasteiger partial charge in [-0.1, -0.05) is 30.3 Å². The number of benzene rings is 1. The topological polar surface area (TPSA) is 200 Å². The number of nitrogens with two attached hydrogens (primary N) is 3. The van der Waals surface area contributed by atoms with E-state index in [2.05, 4.69) is 10.3 Å². The van der Waals surface area contributed by atoms with E-state index < -0.39 is 16.4 Å². The molecule has 2 atom stereocenters. The first-order chi connectivity index (χ1) is 12.5. The molecule has 0 aliphatic rings. The molecule has 1 amide bonds. The molecule has 0 aromatic heterocycles. The molecule has 1 unspecified atom stereocenters. The van der Waals surface area contributed by atoms with Gasteiger partial charge in [0.15, 0.2) is 5.96 Å². The van der Waals surface area contributed by atoms with Crippen molar-refractivity contribution in [1.29, 1.82) is 0 Å². The molecule has 0 heterocycles. The van der Waals surface area contributed by atoms with Crippen molar-refractivity contribution in [3.63, 3.8) is 0 Å². The highest BCUT2D eigenvalue weighted by molar-refractivity contribution is 7.79. The van der Waals surface area contributed by atoms with Gasteiger partial charge in [0.05, 0.1) is 6.04 Å². The molecule has 0 aliphatic carbocycles. The smallest absolute Gasteiger partial charge is 0.237 e. The number of aliphatic imine (C=N–C) groups is 1. The first-order valence-corrected chi connectivity index (χ1v) is 9.64. The van der Waals surface area contributed by atoms with Gasteiger partial charge in [-0.15, -0.1) is 0 Å². The molecule has 11 heteroatoms. The van der Waals surface area contributed by atoms with Crippen LogP contribution in [0.1, 0.15) is 31.7 Å². The minimum Gasteiger partial charge on any atom is -0.759 e. The summed E-state index contributed by atoms with van der Waals surface area (Å²) in [5.41, 5.74) is 17.6. The molecule has 10 nitrogen and oxygen atoms in total. The number of unbranched alkanes of at least 4 members (excludes halogenated alkanes) is 1. The Morgan fingerprint density at radius 2 is 1.74 bits per heavy atom. The summed E-state index contributed by atoms with van der Waals surface area (Å²) in [5.74, 6) is -0.0120. The maximum absolute atomic E-state index is 12.0. The summed E-state index contributed by atoms with van der Waals surface area (Å²) in [6.45, 7) is 2.55. The van der Waals surface area contributed by atoms with Crippen LogP contribution in [0.5, 0.6) is 0 Å². The number of carbonyl (C=O) groups excluding carboxylic acids is 1. The Morgan fingerprint density at radius 3 is 2.26 bits per heavy atom. The van der Waals surface area contributed by atoms with Crippen LogP contribution in [0.2, 0.25) is 0 Å². The zero-order chi connectivity index (χ0) is 20.9. The molecule has 1 aromatic carbocycles. The van der Waals surface area contributed by atoms with Crippen LogP contribution in [-0.4, -0.2) is 48.0 Å². The van der Waals surface area contributed by atoms with Gasteiger partial charge in [0.1, 0.15) is 0 Å². The minimum absolute atomic E-state index is 0.0580. The van der Waals surface area contributed by atoms with Gasteiger partial charge in [-0.2, -0.15) is 0 Å². The number of nitrogens with zero attached hydrogens (tertiary/aromatic N) is 1. The minimum atomic E-state index is -5.17. The van der Waals surface area contributed by atoms with E-state index in [0.717, 1.165) is 19.3 Å². The molecule has 0 aliphatic heterocycles. The fourth-order valence-electron chi connectivity index (χ4n) is 2.18. The third kappa shape index (κ3) is 17.0. The molecular weight excluding hydrogens is 374 g/mol. The Hall–Kier alpha value is -2.21. The lowest BCUT2D eigenvalue weighted by Gasteiger charge is -2.17. The molecule has 0 saturated carbocycles. The fraction of sp³-hybridized carbons (Fsp3) is 0.500. The summed E-state index contributed by atoms with van der Waals surface area (Å²) in [6.07, 6.45) is 3.06. The second-order valence-corrected chi connectivity index (χ2v) is 6.73. The maximum Gasteiger partial charge on any atom is 0.237 e. The van der Waals surface area contributed by atoms with E-state index in [9.17, 15) is 4.79 Å². The predicted molar refractivity (Wildman–Crippen MR) is 101 cm³/mol.